The summed E-state index contributed by atoms with van der Waals surface area (Å²) >= 11 is 5.99. The van der Waals surface area contributed by atoms with E-state index in [2.05, 4.69) is 11.4 Å². The molecule has 0 aliphatic heterocycles. The van der Waals surface area contributed by atoms with Gasteiger partial charge in [-0.05, 0) is 37.2 Å². The predicted octanol–water partition coefficient (Wildman–Crippen LogP) is 4.49. The molecule has 19 heavy (non-hydrogen) atoms. The molecule has 1 atom stereocenters. The van der Waals surface area contributed by atoms with Crippen LogP contribution in [0.15, 0.2) is 42.5 Å². The smallest absolute Gasteiger partial charge is 0.128 e. The van der Waals surface area contributed by atoms with Crippen LogP contribution in [-0.4, -0.2) is 6.54 Å². The SMILES string of the molecule is CCNC(c1cccc(C)c1)c1cc(Cl)ccc1F. The number of nitrogens with one attached hydrogen (secondary N) is 1. The van der Waals surface area contributed by atoms with Crippen molar-refractivity contribution in [2.75, 3.05) is 6.54 Å². The summed E-state index contributed by atoms with van der Waals surface area (Å²) in [5, 5.41) is 3.86. The molecular formula is C16H17ClFN. The number of halogens is 2. The van der Waals surface area contributed by atoms with E-state index in [9.17, 15) is 4.39 Å². The van der Waals surface area contributed by atoms with Crippen LogP contribution >= 0.6 is 11.6 Å². The number of aryl methyl sites for hydroxylation is 1. The average molecular weight is 278 g/mol. The first kappa shape index (κ1) is 14.0. The highest BCUT2D eigenvalue weighted by molar-refractivity contribution is 6.30. The first-order chi connectivity index (χ1) is 9.11. The van der Waals surface area contributed by atoms with E-state index in [0.717, 1.165) is 17.7 Å². The van der Waals surface area contributed by atoms with Gasteiger partial charge < -0.3 is 5.32 Å². The second-order valence-electron chi connectivity index (χ2n) is 4.57. The molecule has 1 N–H and O–H groups in total. The van der Waals surface area contributed by atoms with Gasteiger partial charge in [0.25, 0.3) is 0 Å². The summed E-state index contributed by atoms with van der Waals surface area (Å²) in [6, 6.07) is 12.6. The molecule has 1 unspecified atom stereocenters. The molecule has 0 aromatic heterocycles. The molecule has 0 heterocycles. The van der Waals surface area contributed by atoms with Crippen molar-refractivity contribution in [1.82, 2.24) is 5.32 Å². The maximum absolute atomic E-state index is 14.0. The fraction of sp³-hybridized carbons (Fsp3) is 0.250. The largest absolute Gasteiger partial charge is 0.306 e. The van der Waals surface area contributed by atoms with Crippen molar-refractivity contribution < 1.29 is 4.39 Å². The van der Waals surface area contributed by atoms with Crippen LogP contribution in [0.5, 0.6) is 0 Å². The van der Waals surface area contributed by atoms with Crippen LogP contribution in [0, 0.1) is 12.7 Å². The molecule has 2 aromatic rings. The molecule has 0 aliphatic carbocycles. The van der Waals surface area contributed by atoms with Gasteiger partial charge in [0, 0.05) is 10.6 Å². The molecule has 0 fully saturated rings. The highest BCUT2D eigenvalue weighted by atomic mass is 35.5. The lowest BCUT2D eigenvalue weighted by atomic mass is 9.97. The van der Waals surface area contributed by atoms with E-state index in [1.807, 2.05) is 32.0 Å². The Labute approximate surface area is 118 Å². The van der Waals surface area contributed by atoms with Crippen LogP contribution in [0.25, 0.3) is 0 Å². The summed E-state index contributed by atoms with van der Waals surface area (Å²) in [5.41, 5.74) is 2.78. The summed E-state index contributed by atoms with van der Waals surface area (Å²) in [4.78, 5) is 0. The van der Waals surface area contributed by atoms with Crippen LogP contribution in [0.1, 0.15) is 29.7 Å². The molecule has 0 saturated heterocycles. The second kappa shape index (κ2) is 6.18. The summed E-state index contributed by atoms with van der Waals surface area (Å²) in [7, 11) is 0. The summed E-state index contributed by atoms with van der Waals surface area (Å²) in [5.74, 6) is -0.239. The fourth-order valence-electron chi connectivity index (χ4n) is 2.20. The number of hydrogen-bond acceptors (Lipinski definition) is 1. The minimum atomic E-state index is -0.239. The van der Waals surface area contributed by atoms with Gasteiger partial charge >= 0.3 is 0 Å². The Morgan fingerprint density at radius 1 is 1.21 bits per heavy atom. The Kier molecular flexibility index (Phi) is 4.56. The molecule has 0 saturated carbocycles. The third-order valence-corrected chi connectivity index (χ3v) is 3.29. The van der Waals surface area contributed by atoms with Crippen molar-refractivity contribution in [3.63, 3.8) is 0 Å². The molecule has 0 amide bonds. The molecule has 1 nitrogen and oxygen atoms in total. The lowest BCUT2D eigenvalue weighted by Gasteiger charge is -2.20. The van der Waals surface area contributed by atoms with Gasteiger partial charge in [-0.15, -0.1) is 0 Å². The second-order valence-corrected chi connectivity index (χ2v) is 5.01. The van der Waals surface area contributed by atoms with E-state index in [4.69, 9.17) is 11.6 Å². The first-order valence-corrected chi connectivity index (χ1v) is 6.74. The molecule has 0 aliphatic rings. The van der Waals surface area contributed by atoms with Gasteiger partial charge in [0.05, 0.1) is 6.04 Å². The van der Waals surface area contributed by atoms with Crippen LogP contribution < -0.4 is 5.32 Å². The van der Waals surface area contributed by atoms with Gasteiger partial charge in [-0.1, -0.05) is 48.4 Å². The van der Waals surface area contributed by atoms with Crippen molar-refractivity contribution in [1.29, 1.82) is 0 Å². The normalized spacial score (nSPS) is 12.4. The minimum Gasteiger partial charge on any atom is -0.306 e. The van der Waals surface area contributed by atoms with E-state index >= 15 is 0 Å². The summed E-state index contributed by atoms with van der Waals surface area (Å²) < 4.78 is 14.0. The van der Waals surface area contributed by atoms with Crippen molar-refractivity contribution in [3.8, 4) is 0 Å². The third kappa shape index (κ3) is 3.34. The topological polar surface area (TPSA) is 12.0 Å². The monoisotopic (exact) mass is 277 g/mol. The lowest BCUT2D eigenvalue weighted by molar-refractivity contribution is 0.559. The Hall–Kier alpha value is -1.38. The Morgan fingerprint density at radius 3 is 2.68 bits per heavy atom. The van der Waals surface area contributed by atoms with Crippen molar-refractivity contribution in [2.45, 2.75) is 19.9 Å². The molecule has 0 radical (unpaired) electrons. The van der Waals surface area contributed by atoms with Gasteiger partial charge in [0.15, 0.2) is 0 Å². The average Bonchev–Trinajstić information content (AvgIpc) is 2.39. The van der Waals surface area contributed by atoms with E-state index in [0.29, 0.717) is 10.6 Å². The molecule has 0 spiro atoms. The third-order valence-electron chi connectivity index (χ3n) is 3.05. The van der Waals surface area contributed by atoms with Crippen molar-refractivity contribution in [2.24, 2.45) is 0 Å². The Bertz CT molecular complexity index is 568. The Morgan fingerprint density at radius 2 is 2.00 bits per heavy atom. The predicted molar refractivity (Wildman–Crippen MR) is 78.1 cm³/mol. The van der Waals surface area contributed by atoms with Crippen LogP contribution in [0.3, 0.4) is 0 Å². The molecule has 100 valence electrons. The zero-order valence-corrected chi connectivity index (χ0v) is 11.8. The molecular weight excluding hydrogens is 261 g/mol. The zero-order chi connectivity index (χ0) is 13.8. The van der Waals surface area contributed by atoms with Crippen molar-refractivity contribution >= 4 is 11.6 Å². The fourth-order valence-corrected chi connectivity index (χ4v) is 2.38. The molecule has 2 aromatic carbocycles. The van der Waals surface area contributed by atoms with Crippen LogP contribution in [0.4, 0.5) is 4.39 Å². The standard InChI is InChI=1S/C16H17ClFN/c1-3-19-16(12-6-4-5-11(2)9-12)14-10-13(17)7-8-15(14)18/h4-10,16,19H,3H2,1-2H3. The van der Waals surface area contributed by atoms with E-state index in [1.54, 1.807) is 12.1 Å². The van der Waals surface area contributed by atoms with Gasteiger partial charge in [-0.2, -0.15) is 0 Å². The Balaban J connectivity index is 2.48. The van der Waals surface area contributed by atoms with Crippen molar-refractivity contribution in [3.05, 3.63) is 70.0 Å². The van der Waals surface area contributed by atoms with E-state index in [1.165, 1.54) is 6.07 Å². The highest BCUT2D eigenvalue weighted by Gasteiger charge is 2.17. The van der Waals surface area contributed by atoms with E-state index in [-0.39, 0.29) is 11.9 Å². The highest BCUT2D eigenvalue weighted by Crippen LogP contribution is 2.27. The van der Waals surface area contributed by atoms with Gasteiger partial charge in [-0.25, -0.2) is 4.39 Å². The first-order valence-electron chi connectivity index (χ1n) is 6.36. The number of hydrogen-bond donors (Lipinski definition) is 1. The summed E-state index contributed by atoms with van der Waals surface area (Å²) in [6.45, 7) is 4.79. The zero-order valence-electron chi connectivity index (χ0n) is 11.1. The van der Waals surface area contributed by atoms with Crippen LogP contribution in [-0.2, 0) is 0 Å². The van der Waals surface area contributed by atoms with Gasteiger partial charge in [-0.3, -0.25) is 0 Å². The minimum absolute atomic E-state index is 0.177. The quantitative estimate of drug-likeness (QED) is 0.868. The number of benzene rings is 2. The molecule has 2 rings (SSSR count). The van der Waals surface area contributed by atoms with Gasteiger partial charge in [0.2, 0.25) is 0 Å². The van der Waals surface area contributed by atoms with Gasteiger partial charge in [0.1, 0.15) is 5.82 Å². The number of rotatable bonds is 4. The maximum Gasteiger partial charge on any atom is 0.128 e. The molecule has 3 heteroatoms. The van der Waals surface area contributed by atoms with E-state index < -0.39 is 0 Å². The molecule has 0 bridgehead atoms. The maximum atomic E-state index is 14.0. The lowest BCUT2D eigenvalue weighted by Crippen LogP contribution is -2.23. The van der Waals surface area contributed by atoms with Crippen LogP contribution in [0.2, 0.25) is 5.02 Å². The summed E-state index contributed by atoms with van der Waals surface area (Å²) in [6.07, 6.45) is 0.